The molecule has 8 nitrogen and oxygen atoms in total. The molecule has 0 spiro atoms. The normalized spacial score (nSPS) is 10.9. The predicted octanol–water partition coefficient (Wildman–Crippen LogP) is 1.40. The molecule has 142 valence electrons. The fourth-order valence-corrected chi connectivity index (χ4v) is 2.90. The molecule has 0 aliphatic rings. The van der Waals surface area contributed by atoms with E-state index in [2.05, 4.69) is 27.4 Å². The SMILES string of the molecule is COc1ccc(CCn2nncc2CCCCn2ccc(=O)[nH]c2=O)cc1. The Kier molecular flexibility index (Phi) is 6.19. The van der Waals surface area contributed by atoms with Gasteiger partial charge < -0.3 is 9.30 Å². The molecule has 8 heteroatoms. The van der Waals surface area contributed by atoms with Crippen molar-refractivity contribution in [3.63, 3.8) is 0 Å². The fourth-order valence-electron chi connectivity index (χ4n) is 2.90. The van der Waals surface area contributed by atoms with E-state index in [4.69, 9.17) is 4.74 Å². The Morgan fingerprint density at radius 3 is 2.59 bits per heavy atom. The van der Waals surface area contributed by atoms with Crippen LogP contribution in [-0.4, -0.2) is 31.7 Å². The summed E-state index contributed by atoms with van der Waals surface area (Å²) in [5.41, 5.74) is 1.56. The third-order valence-electron chi connectivity index (χ3n) is 4.45. The van der Waals surface area contributed by atoms with Crippen LogP contribution in [0, 0.1) is 0 Å². The van der Waals surface area contributed by atoms with Gasteiger partial charge >= 0.3 is 5.69 Å². The summed E-state index contributed by atoms with van der Waals surface area (Å²) in [6.45, 7) is 1.34. The number of nitrogens with zero attached hydrogens (tertiary/aromatic N) is 4. The van der Waals surface area contributed by atoms with Gasteiger partial charge in [-0.25, -0.2) is 9.48 Å². The first-order chi connectivity index (χ1) is 13.2. The van der Waals surface area contributed by atoms with Crippen LogP contribution in [0.3, 0.4) is 0 Å². The third kappa shape index (κ3) is 5.16. The lowest BCUT2D eigenvalue weighted by molar-refractivity contribution is 0.414. The van der Waals surface area contributed by atoms with Gasteiger partial charge in [0, 0.05) is 25.4 Å². The van der Waals surface area contributed by atoms with Gasteiger partial charge in [0.2, 0.25) is 0 Å². The van der Waals surface area contributed by atoms with E-state index in [9.17, 15) is 9.59 Å². The van der Waals surface area contributed by atoms with E-state index in [1.807, 2.05) is 16.8 Å². The highest BCUT2D eigenvalue weighted by molar-refractivity contribution is 5.27. The van der Waals surface area contributed by atoms with Crippen LogP contribution in [0.5, 0.6) is 5.75 Å². The number of methoxy groups -OCH3 is 1. The zero-order chi connectivity index (χ0) is 19.1. The highest BCUT2D eigenvalue weighted by Gasteiger charge is 2.05. The number of hydrogen-bond donors (Lipinski definition) is 1. The summed E-state index contributed by atoms with van der Waals surface area (Å²) in [5, 5.41) is 8.19. The lowest BCUT2D eigenvalue weighted by Crippen LogP contribution is -2.28. The summed E-state index contributed by atoms with van der Waals surface area (Å²) in [5.74, 6) is 0.849. The van der Waals surface area contributed by atoms with Gasteiger partial charge in [0.25, 0.3) is 5.56 Å². The van der Waals surface area contributed by atoms with E-state index in [0.29, 0.717) is 6.54 Å². The van der Waals surface area contributed by atoms with E-state index in [0.717, 1.165) is 43.7 Å². The topological polar surface area (TPSA) is 94.8 Å². The molecule has 27 heavy (non-hydrogen) atoms. The number of rotatable bonds is 9. The van der Waals surface area contributed by atoms with Gasteiger partial charge in [0.05, 0.1) is 19.0 Å². The highest BCUT2D eigenvalue weighted by Crippen LogP contribution is 2.13. The molecule has 0 saturated carbocycles. The van der Waals surface area contributed by atoms with Crippen molar-refractivity contribution in [1.29, 1.82) is 0 Å². The van der Waals surface area contributed by atoms with Crippen molar-refractivity contribution in [3.05, 3.63) is 74.8 Å². The Bertz CT molecular complexity index is 972. The lowest BCUT2D eigenvalue weighted by Gasteiger charge is -2.08. The van der Waals surface area contributed by atoms with Crippen LogP contribution in [-0.2, 0) is 25.9 Å². The third-order valence-corrected chi connectivity index (χ3v) is 4.45. The molecule has 0 saturated heterocycles. The molecule has 0 bridgehead atoms. The van der Waals surface area contributed by atoms with Crippen molar-refractivity contribution < 1.29 is 4.74 Å². The molecule has 0 radical (unpaired) electrons. The first-order valence-corrected chi connectivity index (χ1v) is 8.96. The molecule has 0 aliphatic carbocycles. The van der Waals surface area contributed by atoms with Crippen LogP contribution in [0.25, 0.3) is 0 Å². The second kappa shape index (κ2) is 8.98. The summed E-state index contributed by atoms with van der Waals surface area (Å²) in [6, 6.07) is 9.38. The minimum Gasteiger partial charge on any atom is -0.497 e. The number of aryl methyl sites for hydroxylation is 4. The van der Waals surface area contributed by atoms with Gasteiger partial charge in [-0.3, -0.25) is 9.78 Å². The molecule has 0 amide bonds. The molecular formula is C19H23N5O3. The summed E-state index contributed by atoms with van der Waals surface area (Å²) < 4.78 is 8.61. The number of aromatic amines is 1. The first kappa shape index (κ1) is 18.6. The average molecular weight is 369 g/mol. The minimum absolute atomic E-state index is 0.367. The maximum atomic E-state index is 11.7. The molecule has 0 atom stereocenters. The summed E-state index contributed by atoms with van der Waals surface area (Å²) in [6.07, 6.45) is 6.76. The van der Waals surface area contributed by atoms with E-state index in [1.165, 1.54) is 22.4 Å². The van der Waals surface area contributed by atoms with Gasteiger partial charge in [0.15, 0.2) is 0 Å². The zero-order valence-corrected chi connectivity index (χ0v) is 15.3. The number of aromatic nitrogens is 5. The number of hydrogen-bond acceptors (Lipinski definition) is 5. The van der Waals surface area contributed by atoms with Gasteiger partial charge in [-0.2, -0.15) is 0 Å². The predicted molar refractivity (Wildman–Crippen MR) is 101 cm³/mol. The maximum absolute atomic E-state index is 11.7. The molecule has 2 aromatic heterocycles. The zero-order valence-electron chi connectivity index (χ0n) is 15.3. The fraction of sp³-hybridized carbons (Fsp3) is 0.368. The van der Waals surface area contributed by atoms with Crippen LogP contribution in [0.2, 0.25) is 0 Å². The van der Waals surface area contributed by atoms with Crippen LogP contribution in [0.4, 0.5) is 0 Å². The molecular weight excluding hydrogens is 346 g/mol. The van der Waals surface area contributed by atoms with E-state index >= 15 is 0 Å². The maximum Gasteiger partial charge on any atom is 0.328 e. The molecule has 0 unspecified atom stereocenters. The summed E-state index contributed by atoms with van der Waals surface area (Å²) >= 11 is 0. The second-order valence-corrected chi connectivity index (χ2v) is 6.31. The van der Waals surface area contributed by atoms with Gasteiger partial charge in [0.1, 0.15) is 5.75 Å². The lowest BCUT2D eigenvalue weighted by atomic mass is 10.1. The van der Waals surface area contributed by atoms with Crippen molar-refractivity contribution in [2.45, 2.75) is 38.8 Å². The Labute approximate surface area is 156 Å². The number of nitrogens with one attached hydrogen (secondary N) is 1. The van der Waals surface area contributed by atoms with Gasteiger partial charge in [-0.15, -0.1) is 5.10 Å². The van der Waals surface area contributed by atoms with Crippen molar-refractivity contribution in [2.24, 2.45) is 0 Å². The first-order valence-electron chi connectivity index (χ1n) is 8.96. The Morgan fingerprint density at radius 2 is 1.85 bits per heavy atom. The van der Waals surface area contributed by atoms with Crippen LogP contribution < -0.4 is 16.0 Å². The van der Waals surface area contributed by atoms with Gasteiger partial charge in [-0.1, -0.05) is 17.3 Å². The minimum atomic E-state index is -0.372. The van der Waals surface area contributed by atoms with Gasteiger partial charge in [-0.05, 0) is 43.4 Å². The molecule has 3 aromatic rings. The second-order valence-electron chi connectivity index (χ2n) is 6.31. The Hall–Kier alpha value is -3.16. The molecule has 2 heterocycles. The van der Waals surface area contributed by atoms with Crippen molar-refractivity contribution in [1.82, 2.24) is 24.5 Å². The van der Waals surface area contributed by atoms with Crippen molar-refractivity contribution in [2.75, 3.05) is 7.11 Å². The van der Waals surface area contributed by atoms with E-state index in [1.54, 1.807) is 13.3 Å². The summed E-state index contributed by atoms with van der Waals surface area (Å²) in [7, 11) is 1.66. The molecule has 1 N–H and O–H groups in total. The van der Waals surface area contributed by atoms with E-state index < -0.39 is 0 Å². The van der Waals surface area contributed by atoms with Crippen LogP contribution in [0.1, 0.15) is 24.1 Å². The van der Waals surface area contributed by atoms with Crippen molar-refractivity contribution >= 4 is 0 Å². The Morgan fingerprint density at radius 1 is 1.04 bits per heavy atom. The molecule has 0 aliphatic heterocycles. The Balaban J connectivity index is 1.48. The highest BCUT2D eigenvalue weighted by atomic mass is 16.5. The number of ether oxygens (including phenoxy) is 1. The smallest absolute Gasteiger partial charge is 0.328 e. The average Bonchev–Trinajstić information content (AvgIpc) is 3.12. The largest absolute Gasteiger partial charge is 0.497 e. The van der Waals surface area contributed by atoms with E-state index in [-0.39, 0.29) is 11.2 Å². The monoisotopic (exact) mass is 369 g/mol. The molecule has 0 fully saturated rings. The van der Waals surface area contributed by atoms with Crippen molar-refractivity contribution in [3.8, 4) is 5.75 Å². The number of benzene rings is 1. The quantitative estimate of drug-likeness (QED) is 0.575. The summed E-state index contributed by atoms with van der Waals surface area (Å²) in [4.78, 5) is 25.0. The van der Waals surface area contributed by atoms with Crippen LogP contribution >= 0.6 is 0 Å². The number of unbranched alkanes of at least 4 members (excludes halogenated alkanes) is 1. The molecule has 1 aromatic carbocycles. The number of H-pyrrole nitrogens is 1. The standard InChI is InChI=1S/C19H23N5O3/c1-27-17-7-5-15(6-8-17)9-13-24-16(14-20-22-24)4-2-3-11-23-12-10-18(25)21-19(23)26/h5-8,10,12,14H,2-4,9,11,13H2,1H3,(H,21,25,26). The van der Waals surface area contributed by atoms with Crippen LogP contribution in [0.15, 0.2) is 52.3 Å². The molecule has 3 rings (SSSR count).